The number of nitrogens with zero attached hydrogens (tertiary/aromatic N) is 1. The van der Waals surface area contributed by atoms with Crippen molar-refractivity contribution in [3.05, 3.63) is 69.1 Å². The van der Waals surface area contributed by atoms with Crippen LogP contribution in [0.3, 0.4) is 0 Å². The molecular weight excluding hydrogens is 685 g/mol. The van der Waals surface area contributed by atoms with Gasteiger partial charge in [-0.15, -0.1) is 0 Å². The number of rotatable bonds is 8. The third kappa shape index (κ3) is 7.41. The van der Waals surface area contributed by atoms with Gasteiger partial charge in [-0.2, -0.15) is 16.8 Å². The molecule has 0 amide bonds. The van der Waals surface area contributed by atoms with E-state index in [0.29, 0.717) is 52.2 Å². The zero-order valence-corrected chi connectivity index (χ0v) is 30.8. The van der Waals surface area contributed by atoms with Gasteiger partial charge in [-0.05, 0) is 75.3 Å². The molecule has 0 fully saturated rings. The minimum atomic E-state index is -4.42. The first kappa shape index (κ1) is 36.6. The van der Waals surface area contributed by atoms with Gasteiger partial charge in [-0.25, -0.2) is 4.79 Å². The normalized spacial score (nSPS) is 30.3. The van der Waals surface area contributed by atoms with E-state index in [4.69, 9.17) is 9.73 Å². The molecule has 3 heterocycles. The lowest BCUT2D eigenvalue weighted by atomic mass is 9.65. The maximum atomic E-state index is 13.4. The summed E-state index contributed by atoms with van der Waals surface area (Å²) in [4.78, 5) is 31.2. The molecule has 14 heteroatoms. The molecule has 3 aliphatic heterocycles. The topological polar surface area (TPSA) is 197 Å². The van der Waals surface area contributed by atoms with Crippen molar-refractivity contribution in [2.24, 2.45) is 28.7 Å². The second-order valence-electron chi connectivity index (χ2n) is 15.9. The predicted molar refractivity (Wildman–Crippen MR) is 188 cm³/mol. The smallest absolute Gasteiger partial charge is 0.331 e. The molecule has 0 saturated carbocycles. The molecule has 12 nitrogen and oxygen atoms in total. The molecule has 4 N–H and O–H groups in total. The summed E-state index contributed by atoms with van der Waals surface area (Å²) >= 11 is 0. The highest BCUT2D eigenvalue weighted by atomic mass is 32.2. The van der Waals surface area contributed by atoms with Crippen molar-refractivity contribution in [3.8, 4) is 0 Å². The van der Waals surface area contributed by atoms with E-state index in [-0.39, 0.29) is 48.5 Å². The Kier molecular flexibility index (Phi) is 9.16. The van der Waals surface area contributed by atoms with Crippen molar-refractivity contribution in [2.45, 2.75) is 96.9 Å². The van der Waals surface area contributed by atoms with Gasteiger partial charge in [-0.3, -0.25) is 18.9 Å². The van der Waals surface area contributed by atoms with E-state index in [0.717, 1.165) is 5.57 Å². The molecule has 0 aromatic rings. The van der Waals surface area contributed by atoms with Crippen molar-refractivity contribution in [2.75, 3.05) is 11.5 Å². The lowest BCUT2D eigenvalue weighted by molar-refractivity contribution is -0.134. The molecule has 6 aliphatic rings. The lowest BCUT2D eigenvalue weighted by Crippen LogP contribution is -2.55. The minimum Gasteiger partial charge on any atom is -0.489 e. The lowest BCUT2D eigenvalue weighted by Gasteiger charge is -2.48. The van der Waals surface area contributed by atoms with E-state index >= 15 is 0 Å². The molecule has 5 unspecified atom stereocenters. The van der Waals surface area contributed by atoms with E-state index in [1.165, 1.54) is 0 Å². The van der Waals surface area contributed by atoms with Gasteiger partial charge in [0.15, 0.2) is 0 Å². The zero-order valence-electron chi connectivity index (χ0n) is 29.2. The van der Waals surface area contributed by atoms with Gasteiger partial charge in [0.05, 0.1) is 11.3 Å². The molecule has 5 atom stereocenters. The van der Waals surface area contributed by atoms with Crippen molar-refractivity contribution in [1.82, 2.24) is 5.32 Å². The van der Waals surface area contributed by atoms with Crippen LogP contribution in [0, 0.1) is 23.7 Å². The second kappa shape index (κ2) is 12.5. The Hall–Kier alpha value is -3.17. The Morgan fingerprint density at radius 3 is 2.32 bits per heavy atom. The molecule has 0 radical (unpaired) electrons. The SMILES string of the molecule is CC(C)C(=O)C1CC=C(C(=O)O)C(C2=C3C=C4C(CS(=O)(=O)O)=CC(C)(C)N=C4CC3OC3=C2CC2C(CS(=O)(=O)O)=CC(C)(C)NC2C3)C1. The molecule has 0 aromatic carbocycles. The van der Waals surface area contributed by atoms with E-state index in [2.05, 4.69) is 5.32 Å². The van der Waals surface area contributed by atoms with E-state index < -0.39 is 66.7 Å². The van der Waals surface area contributed by atoms with Crippen LogP contribution in [-0.4, -0.2) is 83.2 Å². The summed E-state index contributed by atoms with van der Waals surface area (Å²) in [5.74, 6) is -3.38. The fourth-order valence-electron chi connectivity index (χ4n) is 8.87. The zero-order chi connectivity index (χ0) is 36.7. The van der Waals surface area contributed by atoms with Crippen molar-refractivity contribution < 1.29 is 45.4 Å². The van der Waals surface area contributed by atoms with Gasteiger partial charge < -0.3 is 15.2 Å². The molecule has 272 valence electrons. The van der Waals surface area contributed by atoms with Gasteiger partial charge in [0.2, 0.25) is 0 Å². The summed E-state index contributed by atoms with van der Waals surface area (Å²) in [7, 11) is -8.80. The molecule has 0 aromatic heterocycles. The van der Waals surface area contributed by atoms with E-state index in [1.807, 2.05) is 47.6 Å². The minimum absolute atomic E-state index is 0.0317. The summed E-state index contributed by atoms with van der Waals surface area (Å²) in [5.41, 5.74) is 2.94. The van der Waals surface area contributed by atoms with Crippen LogP contribution in [-0.2, 0) is 34.6 Å². The number of hydrogen-bond acceptors (Lipinski definition) is 9. The Labute approximate surface area is 293 Å². The van der Waals surface area contributed by atoms with Crippen LogP contribution in [0.2, 0.25) is 0 Å². The number of aliphatic carboxylic acids is 1. The number of fused-ring (bicyclic) bond motifs is 3. The van der Waals surface area contributed by atoms with Gasteiger partial charge in [0.25, 0.3) is 20.2 Å². The number of ketones is 1. The fourth-order valence-corrected chi connectivity index (χ4v) is 10.2. The number of dihydropyridines is 1. The van der Waals surface area contributed by atoms with Crippen LogP contribution in [0.25, 0.3) is 0 Å². The number of carboxylic acid groups (broad SMARTS) is 1. The van der Waals surface area contributed by atoms with Crippen LogP contribution in [0.5, 0.6) is 0 Å². The Balaban J connectivity index is 1.57. The summed E-state index contributed by atoms with van der Waals surface area (Å²) in [5, 5.41) is 14.1. The number of carbonyl (C=O) groups excluding carboxylic acids is 1. The number of ether oxygens (including phenoxy) is 1. The number of allylic oxidation sites excluding steroid dienone is 4. The largest absolute Gasteiger partial charge is 0.489 e. The van der Waals surface area contributed by atoms with Crippen molar-refractivity contribution in [3.63, 3.8) is 0 Å². The third-order valence-corrected chi connectivity index (χ3v) is 11.9. The maximum Gasteiger partial charge on any atom is 0.331 e. The first-order valence-electron chi connectivity index (χ1n) is 17.0. The number of hydrogen-bond donors (Lipinski definition) is 4. The monoisotopic (exact) mass is 730 g/mol. The highest BCUT2D eigenvalue weighted by molar-refractivity contribution is 7.86. The van der Waals surface area contributed by atoms with Crippen molar-refractivity contribution in [1.29, 1.82) is 0 Å². The summed E-state index contributed by atoms with van der Waals surface area (Å²) in [6.45, 7) is 11.2. The van der Waals surface area contributed by atoms with Crippen LogP contribution < -0.4 is 5.32 Å². The summed E-state index contributed by atoms with van der Waals surface area (Å²) in [6.07, 6.45) is 7.84. The van der Waals surface area contributed by atoms with E-state index in [9.17, 15) is 40.6 Å². The third-order valence-electron chi connectivity index (χ3n) is 10.6. The first-order valence-corrected chi connectivity index (χ1v) is 20.3. The number of aliphatic imine (C=N–C) groups is 1. The van der Waals surface area contributed by atoms with Crippen LogP contribution in [0.1, 0.15) is 73.6 Å². The molecule has 6 rings (SSSR count). The molecular formula is C36H46N2O10S2. The Morgan fingerprint density at radius 2 is 1.70 bits per heavy atom. The van der Waals surface area contributed by atoms with Gasteiger partial charge in [0, 0.05) is 65.0 Å². The molecule has 0 bridgehead atoms. The molecule has 3 aliphatic carbocycles. The summed E-state index contributed by atoms with van der Waals surface area (Å²) in [6, 6.07) is -0.241. The average molecular weight is 731 g/mol. The molecule has 50 heavy (non-hydrogen) atoms. The highest BCUT2D eigenvalue weighted by Gasteiger charge is 2.48. The van der Waals surface area contributed by atoms with Crippen LogP contribution in [0.4, 0.5) is 0 Å². The number of Topliss-reactive ketones (excluding diaryl/α,β-unsaturated/α-hetero) is 1. The summed E-state index contributed by atoms with van der Waals surface area (Å²) < 4.78 is 75.4. The fraction of sp³-hybridized carbons (Fsp3) is 0.583. The maximum absolute atomic E-state index is 13.4. The Morgan fingerprint density at radius 1 is 1.02 bits per heavy atom. The van der Waals surface area contributed by atoms with Crippen LogP contribution >= 0.6 is 0 Å². The Bertz CT molecular complexity index is 1990. The number of nitrogens with one attached hydrogen (secondary N) is 1. The van der Waals surface area contributed by atoms with Gasteiger partial charge in [0.1, 0.15) is 23.4 Å². The number of carbonyl (C=O) groups is 2. The number of carboxylic acids is 1. The standard InChI is InChI=1S/C36H46N2O10S2/c1-18(2)33(39)19-7-8-22(34(40)41)25(9-19)32-26-10-23-20(16-49(42,43)44)14-35(3,4)37-28(23)12-30(26)48-31-13-29-24(11-27(31)32)21(17-50(45,46)47)15-36(5,6)38-29/h8,10,14-15,18-19,24-25,29-30,38H,7,9,11-13,16-17H2,1-6H3,(H,40,41)(H,42,43,44)(H,45,46,47). The first-order chi connectivity index (χ1) is 23.0. The van der Waals surface area contributed by atoms with Gasteiger partial charge >= 0.3 is 5.97 Å². The van der Waals surface area contributed by atoms with E-state index in [1.54, 1.807) is 18.2 Å². The average Bonchev–Trinajstić information content (AvgIpc) is 2.95. The van der Waals surface area contributed by atoms with Crippen molar-refractivity contribution >= 4 is 37.7 Å². The predicted octanol–water partition coefficient (Wildman–Crippen LogP) is 4.55. The van der Waals surface area contributed by atoms with Crippen LogP contribution in [0.15, 0.2) is 74.1 Å². The van der Waals surface area contributed by atoms with Gasteiger partial charge in [-0.1, -0.05) is 37.6 Å². The second-order valence-corrected chi connectivity index (χ2v) is 18.8. The quantitative estimate of drug-likeness (QED) is 0.202. The molecule has 0 saturated heterocycles. The molecule has 0 spiro atoms. The highest BCUT2D eigenvalue weighted by Crippen LogP contribution is 2.52.